The second-order valence-electron chi connectivity index (χ2n) is 7.32. The molecule has 3 aromatic carbocycles. The number of alkyl halides is 6. The van der Waals surface area contributed by atoms with Crippen LogP contribution in [-0.4, -0.2) is 17.3 Å². The molecule has 34 heavy (non-hydrogen) atoms. The highest BCUT2D eigenvalue weighted by atomic mass is 35.5. The third-order valence-corrected chi connectivity index (χ3v) is 6.10. The van der Waals surface area contributed by atoms with Gasteiger partial charge in [0.1, 0.15) is 0 Å². The minimum Gasteiger partial charge on any atom is -0.478 e. The van der Waals surface area contributed by atoms with Gasteiger partial charge >= 0.3 is 18.3 Å². The number of benzene rings is 3. The predicted molar refractivity (Wildman–Crippen MR) is 112 cm³/mol. The number of hydrogen-bond donors (Lipinski definition) is 2. The molecule has 0 aliphatic carbocycles. The number of halogens is 8. The van der Waals surface area contributed by atoms with Gasteiger partial charge in [-0.05, 0) is 35.0 Å². The van der Waals surface area contributed by atoms with Gasteiger partial charge in [-0.25, -0.2) is 4.79 Å². The topological polar surface area (TPSA) is 58.6 Å². The molecule has 1 atom stereocenters. The van der Waals surface area contributed by atoms with E-state index >= 15 is 0 Å². The molecule has 3 aromatic rings. The number of rotatable bonds is 3. The molecule has 0 aromatic heterocycles. The molecule has 0 spiro atoms. The van der Waals surface area contributed by atoms with Crippen molar-refractivity contribution in [3.8, 4) is 0 Å². The molecule has 12 heteroatoms. The zero-order valence-corrected chi connectivity index (χ0v) is 18.0. The van der Waals surface area contributed by atoms with Gasteiger partial charge in [-0.2, -0.15) is 26.3 Å². The van der Waals surface area contributed by atoms with Crippen molar-refractivity contribution < 1.29 is 41.1 Å². The van der Waals surface area contributed by atoms with E-state index in [0.29, 0.717) is 12.1 Å². The van der Waals surface area contributed by atoms with E-state index in [2.05, 4.69) is 5.48 Å². The summed E-state index contributed by atoms with van der Waals surface area (Å²) in [6.07, 6.45) is -9.72. The van der Waals surface area contributed by atoms with E-state index in [-0.39, 0.29) is 33.7 Å². The van der Waals surface area contributed by atoms with Crippen LogP contribution in [0.3, 0.4) is 0 Å². The Morgan fingerprint density at radius 2 is 1.62 bits per heavy atom. The van der Waals surface area contributed by atoms with Crippen LogP contribution in [0.4, 0.5) is 26.3 Å². The lowest BCUT2D eigenvalue weighted by Gasteiger charge is -2.29. The zero-order valence-electron chi connectivity index (χ0n) is 16.5. The summed E-state index contributed by atoms with van der Waals surface area (Å²) in [5, 5.41) is 8.24. The molecule has 1 heterocycles. The van der Waals surface area contributed by atoms with Gasteiger partial charge in [0.25, 0.3) is 0 Å². The highest BCUT2D eigenvalue weighted by Gasteiger charge is 2.60. The third kappa shape index (κ3) is 3.85. The molecule has 2 N–H and O–H groups in total. The number of nitrogens with one attached hydrogen (secondary N) is 1. The molecule has 4 rings (SSSR count). The Labute approximate surface area is 197 Å². The minimum absolute atomic E-state index is 0.0831. The zero-order chi connectivity index (χ0) is 25.1. The van der Waals surface area contributed by atoms with Crippen molar-refractivity contribution in [2.45, 2.75) is 18.0 Å². The summed E-state index contributed by atoms with van der Waals surface area (Å²) in [4.78, 5) is 16.4. The van der Waals surface area contributed by atoms with Crippen LogP contribution in [0, 0.1) is 0 Å². The molecule has 178 valence electrons. The summed E-state index contributed by atoms with van der Waals surface area (Å²) in [6, 6.07) is 9.44. The lowest BCUT2D eigenvalue weighted by molar-refractivity contribution is -0.269. The number of hydrogen-bond acceptors (Lipinski definition) is 3. The van der Waals surface area contributed by atoms with Gasteiger partial charge in [0.05, 0.1) is 26.9 Å². The third-order valence-electron chi connectivity index (χ3n) is 5.30. The van der Waals surface area contributed by atoms with Crippen LogP contribution in [0.1, 0.15) is 27.0 Å². The van der Waals surface area contributed by atoms with E-state index in [0.717, 1.165) is 0 Å². The van der Waals surface area contributed by atoms with Gasteiger partial charge < -0.3 is 5.11 Å². The van der Waals surface area contributed by atoms with E-state index in [1.165, 1.54) is 24.3 Å². The molecule has 1 unspecified atom stereocenters. The Balaban J connectivity index is 1.96. The van der Waals surface area contributed by atoms with Crippen LogP contribution in [-0.2, 0) is 16.6 Å². The molecular formula is C22H11Cl2F6NO3. The van der Waals surface area contributed by atoms with Gasteiger partial charge in [0.15, 0.2) is 0 Å². The second kappa shape index (κ2) is 8.07. The summed E-state index contributed by atoms with van der Waals surface area (Å²) in [6.45, 7) is 0. The molecule has 0 saturated heterocycles. The summed E-state index contributed by atoms with van der Waals surface area (Å²) < 4.78 is 83.0. The maximum atomic E-state index is 14.3. The Morgan fingerprint density at radius 1 is 0.971 bits per heavy atom. The van der Waals surface area contributed by atoms with Crippen LogP contribution >= 0.6 is 23.2 Å². The van der Waals surface area contributed by atoms with Crippen LogP contribution in [0.2, 0.25) is 10.0 Å². The maximum Gasteiger partial charge on any atom is 0.428 e. The average Bonchev–Trinajstić information content (AvgIpc) is 3.20. The number of carboxylic acids is 1. The molecule has 4 nitrogen and oxygen atoms in total. The van der Waals surface area contributed by atoms with E-state index in [1.54, 1.807) is 12.1 Å². The van der Waals surface area contributed by atoms with E-state index in [4.69, 9.17) is 28.0 Å². The number of aromatic carboxylic acids is 1. The molecule has 0 radical (unpaired) electrons. The molecule has 1 aliphatic heterocycles. The molecule has 0 saturated carbocycles. The van der Waals surface area contributed by atoms with Crippen LogP contribution in [0.15, 0.2) is 54.6 Å². The van der Waals surface area contributed by atoms with Crippen molar-refractivity contribution in [1.29, 1.82) is 0 Å². The summed E-state index contributed by atoms with van der Waals surface area (Å²) in [5.74, 6) is -1.24. The van der Waals surface area contributed by atoms with Gasteiger partial charge in [-0.1, -0.05) is 53.5 Å². The van der Waals surface area contributed by atoms with Crippen LogP contribution in [0.25, 0.3) is 16.5 Å². The van der Waals surface area contributed by atoms with Gasteiger partial charge in [0.2, 0.25) is 5.60 Å². The van der Waals surface area contributed by atoms with Crippen molar-refractivity contribution in [3.05, 3.63) is 86.9 Å². The van der Waals surface area contributed by atoms with Crippen molar-refractivity contribution in [3.63, 3.8) is 0 Å². The molecular weight excluding hydrogens is 511 g/mol. The highest BCUT2D eigenvalue weighted by molar-refractivity contribution is 6.42. The fraction of sp³-hybridized carbons (Fsp3) is 0.136. The number of hydroxylamine groups is 1. The first-order valence-electron chi connectivity index (χ1n) is 9.32. The summed E-state index contributed by atoms with van der Waals surface area (Å²) in [7, 11) is 0. The standard InChI is InChI=1S/C22H11Cl2F6NO3/c23-16-8-10(7-15(18(16)24)21(25,26)27)20(22(28,29)30)9-17(31-34-20)13-5-6-14(19(32)33)12-4-2-1-3-11(12)13/h1-9,31H,(H,32,33). The van der Waals surface area contributed by atoms with Crippen molar-refractivity contribution in [2.75, 3.05) is 0 Å². The predicted octanol–water partition coefficient (Wildman–Crippen LogP) is 7.20. The maximum absolute atomic E-state index is 14.3. The number of carboxylic acid groups (broad SMARTS) is 1. The second-order valence-corrected chi connectivity index (χ2v) is 8.11. The fourth-order valence-corrected chi connectivity index (χ4v) is 4.14. The first kappa shape index (κ1) is 24.2. The molecule has 0 amide bonds. The minimum atomic E-state index is -5.22. The SMILES string of the molecule is O=C(O)c1ccc(C2=CC(c3cc(Cl)c(Cl)c(C(F)(F)F)c3)(C(F)(F)F)ON2)c2ccccc12. The normalized spacial score (nSPS) is 18.6. The largest absolute Gasteiger partial charge is 0.478 e. The number of carbonyl (C=O) groups is 1. The van der Waals surface area contributed by atoms with Crippen molar-refractivity contribution >= 4 is 45.6 Å². The quantitative estimate of drug-likeness (QED) is 0.358. The van der Waals surface area contributed by atoms with E-state index in [9.17, 15) is 36.2 Å². The Bertz CT molecular complexity index is 1350. The average molecular weight is 522 g/mol. The molecule has 0 bridgehead atoms. The smallest absolute Gasteiger partial charge is 0.428 e. The Hall–Kier alpha value is -2.95. The van der Waals surface area contributed by atoms with E-state index in [1.807, 2.05) is 0 Å². The Morgan fingerprint density at radius 3 is 2.21 bits per heavy atom. The summed E-state index contributed by atoms with van der Waals surface area (Å²) in [5.41, 5.74) is -3.88. The first-order valence-corrected chi connectivity index (χ1v) is 10.1. The lowest BCUT2D eigenvalue weighted by atomic mass is 9.89. The van der Waals surface area contributed by atoms with Gasteiger partial charge in [-0.15, -0.1) is 0 Å². The van der Waals surface area contributed by atoms with Crippen LogP contribution < -0.4 is 5.48 Å². The van der Waals surface area contributed by atoms with E-state index < -0.39 is 45.1 Å². The van der Waals surface area contributed by atoms with Gasteiger partial charge in [0, 0.05) is 11.1 Å². The monoisotopic (exact) mass is 521 g/mol. The van der Waals surface area contributed by atoms with Crippen LogP contribution in [0.5, 0.6) is 0 Å². The lowest BCUT2D eigenvalue weighted by Crippen LogP contribution is -2.42. The highest BCUT2D eigenvalue weighted by Crippen LogP contribution is 2.50. The first-order chi connectivity index (χ1) is 15.8. The Kier molecular flexibility index (Phi) is 5.74. The van der Waals surface area contributed by atoms with Gasteiger partial charge in [-0.3, -0.25) is 10.3 Å². The molecule has 1 aliphatic rings. The van der Waals surface area contributed by atoms with Crippen molar-refractivity contribution in [1.82, 2.24) is 5.48 Å². The van der Waals surface area contributed by atoms with Crippen molar-refractivity contribution in [2.24, 2.45) is 0 Å². The molecule has 0 fully saturated rings. The summed E-state index contributed by atoms with van der Waals surface area (Å²) >= 11 is 11.3. The fourth-order valence-electron chi connectivity index (χ4n) is 3.71. The number of fused-ring (bicyclic) bond motifs is 1.